The maximum atomic E-state index is 13.5. The summed E-state index contributed by atoms with van der Waals surface area (Å²) in [6, 6.07) is 6.40. The van der Waals surface area contributed by atoms with Crippen molar-refractivity contribution in [2.24, 2.45) is 11.8 Å². The van der Waals surface area contributed by atoms with Gasteiger partial charge in [-0.05, 0) is 30.7 Å². The van der Waals surface area contributed by atoms with E-state index < -0.39 is 0 Å². The molecule has 1 aromatic carbocycles. The van der Waals surface area contributed by atoms with Gasteiger partial charge in [-0.3, -0.25) is 5.84 Å². The SMILES string of the molecule is CC1=C(NN)C(C)CC(Oc2ccccc2F)=C1. The fraction of sp³-hybridized carbons (Fsp3) is 0.286. The first-order valence-corrected chi connectivity index (χ1v) is 5.92. The van der Waals surface area contributed by atoms with E-state index in [0.717, 1.165) is 17.0 Å². The van der Waals surface area contributed by atoms with Crippen molar-refractivity contribution in [2.45, 2.75) is 20.3 Å². The van der Waals surface area contributed by atoms with Gasteiger partial charge >= 0.3 is 0 Å². The zero-order valence-corrected chi connectivity index (χ0v) is 10.5. The monoisotopic (exact) mass is 248 g/mol. The maximum absolute atomic E-state index is 13.5. The van der Waals surface area contributed by atoms with Crippen molar-refractivity contribution in [1.82, 2.24) is 5.43 Å². The lowest BCUT2D eigenvalue weighted by Crippen LogP contribution is -2.28. The summed E-state index contributed by atoms with van der Waals surface area (Å²) < 4.78 is 19.1. The standard InChI is InChI=1S/C14H17FN2O/c1-9-7-11(8-10(2)14(9)17-16)18-13-6-4-3-5-12(13)15/h3-7,10,17H,8,16H2,1-2H3. The number of ether oxygens (including phenoxy) is 1. The Morgan fingerprint density at radius 3 is 2.72 bits per heavy atom. The van der Waals surface area contributed by atoms with Gasteiger partial charge in [-0.1, -0.05) is 19.1 Å². The molecule has 0 heterocycles. The van der Waals surface area contributed by atoms with Crippen LogP contribution in [0.5, 0.6) is 5.75 Å². The molecule has 1 aromatic rings. The molecule has 2 rings (SSSR count). The van der Waals surface area contributed by atoms with E-state index in [-0.39, 0.29) is 17.5 Å². The zero-order chi connectivity index (χ0) is 13.1. The van der Waals surface area contributed by atoms with Gasteiger partial charge in [0, 0.05) is 18.0 Å². The summed E-state index contributed by atoms with van der Waals surface area (Å²) in [5.74, 6) is 6.37. The Hall–Kier alpha value is -1.81. The van der Waals surface area contributed by atoms with Gasteiger partial charge in [-0.15, -0.1) is 0 Å². The van der Waals surface area contributed by atoms with E-state index in [4.69, 9.17) is 10.6 Å². The summed E-state index contributed by atoms with van der Waals surface area (Å²) in [5, 5.41) is 0. The number of nitrogens with one attached hydrogen (secondary N) is 1. The molecule has 0 bridgehead atoms. The molecule has 1 aliphatic rings. The van der Waals surface area contributed by atoms with Gasteiger partial charge in [-0.25, -0.2) is 4.39 Å². The highest BCUT2D eigenvalue weighted by molar-refractivity contribution is 5.33. The lowest BCUT2D eigenvalue weighted by molar-refractivity contribution is 0.355. The summed E-state index contributed by atoms with van der Waals surface area (Å²) in [7, 11) is 0. The van der Waals surface area contributed by atoms with Crippen LogP contribution in [0.15, 0.2) is 47.4 Å². The third-order valence-electron chi connectivity index (χ3n) is 3.04. The quantitative estimate of drug-likeness (QED) is 0.638. The maximum Gasteiger partial charge on any atom is 0.165 e. The minimum Gasteiger partial charge on any atom is -0.459 e. The van der Waals surface area contributed by atoms with E-state index >= 15 is 0 Å². The van der Waals surface area contributed by atoms with Gasteiger partial charge < -0.3 is 10.2 Å². The van der Waals surface area contributed by atoms with Gasteiger partial charge in [0.25, 0.3) is 0 Å². The van der Waals surface area contributed by atoms with E-state index in [0.29, 0.717) is 6.42 Å². The van der Waals surface area contributed by atoms with Crippen LogP contribution in [0.2, 0.25) is 0 Å². The van der Waals surface area contributed by atoms with E-state index in [1.807, 2.05) is 13.0 Å². The van der Waals surface area contributed by atoms with Gasteiger partial charge in [0.05, 0.1) is 0 Å². The van der Waals surface area contributed by atoms with Crippen molar-refractivity contribution < 1.29 is 9.13 Å². The van der Waals surface area contributed by atoms with Crippen LogP contribution in [0, 0.1) is 11.7 Å². The Labute approximate surface area is 106 Å². The molecule has 1 aliphatic carbocycles. The summed E-state index contributed by atoms with van der Waals surface area (Å²) in [5.41, 5.74) is 4.72. The van der Waals surface area contributed by atoms with E-state index in [1.165, 1.54) is 6.07 Å². The van der Waals surface area contributed by atoms with Crippen LogP contribution in [-0.4, -0.2) is 0 Å². The largest absolute Gasteiger partial charge is 0.459 e. The number of allylic oxidation sites excluding steroid dienone is 4. The number of rotatable bonds is 3. The lowest BCUT2D eigenvalue weighted by Gasteiger charge is -2.24. The molecule has 0 spiro atoms. The molecule has 0 saturated carbocycles. The summed E-state index contributed by atoms with van der Waals surface area (Å²) in [4.78, 5) is 0. The second-order valence-electron chi connectivity index (χ2n) is 4.49. The van der Waals surface area contributed by atoms with Crippen molar-refractivity contribution in [1.29, 1.82) is 0 Å². The highest BCUT2D eigenvalue weighted by Gasteiger charge is 2.19. The normalized spacial score (nSPS) is 19.6. The predicted octanol–water partition coefficient (Wildman–Crippen LogP) is 2.87. The van der Waals surface area contributed by atoms with Crippen LogP contribution >= 0.6 is 0 Å². The fourth-order valence-electron chi connectivity index (χ4n) is 2.17. The van der Waals surface area contributed by atoms with Crippen LogP contribution < -0.4 is 16.0 Å². The molecule has 3 nitrogen and oxygen atoms in total. The zero-order valence-electron chi connectivity index (χ0n) is 10.5. The molecule has 0 aromatic heterocycles. The van der Waals surface area contributed by atoms with Crippen LogP contribution in [0.4, 0.5) is 4.39 Å². The highest BCUT2D eigenvalue weighted by atomic mass is 19.1. The third-order valence-corrected chi connectivity index (χ3v) is 3.04. The first-order valence-electron chi connectivity index (χ1n) is 5.92. The molecule has 96 valence electrons. The number of hydrazine groups is 1. The summed E-state index contributed by atoms with van der Waals surface area (Å²) >= 11 is 0. The molecule has 0 amide bonds. The first kappa shape index (κ1) is 12.6. The van der Waals surface area contributed by atoms with Crippen LogP contribution in [0.25, 0.3) is 0 Å². The molecule has 3 N–H and O–H groups in total. The molecule has 4 heteroatoms. The minimum atomic E-state index is -0.351. The average Bonchev–Trinajstić information content (AvgIpc) is 2.32. The van der Waals surface area contributed by atoms with Gasteiger partial charge in [0.2, 0.25) is 0 Å². The fourth-order valence-corrected chi connectivity index (χ4v) is 2.17. The lowest BCUT2D eigenvalue weighted by atomic mass is 9.93. The molecular weight excluding hydrogens is 231 g/mol. The number of halogens is 1. The molecule has 1 unspecified atom stereocenters. The van der Waals surface area contributed by atoms with Crippen LogP contribution in [0.3, 0.4) is 0 Å². The number of hydrogen-bond acceptors (Lipinski definition) is 3. The third kappa shape index (κ3) is 2.54. The van der Waals surface area contributed by atoms with Crippen molar-refractivity contribution >= 4 is 0 Å². The average molecular weight is 248 g/mol. The molecule has 0 aliphatic heterocycles. The number of nitrogens with two attached hydrogens (primary N) is 1. The second kappa shape index (κ2) is 5.23. The Kier molecular flexibility index (Phi) is 3.67. The van der Waals surface area contributed by atoms with Gasteiger partial charge in [0.1, 0.15) is 5.76 Å². The second-order valence-corrected chi connectivity index (χ2v) is 4.49. The Balaban J connectivity index is 2.22. The number of para-hydroxylation sites is 1. The van der Waals surface area contributed by atoms with Crippen molar-refractivity contribution in [3.05, 3.63) is 53.2 Å². The van der Waals surface area contributed by atoms with Crippen LogP contribution in [-0.2, 0) is 0 Å². The molecular formula is C14H17FN2O. The Bertz CT molecular complexity index is 508. The minimum absolute atomic E-state index is 0.238. The van der Waals surface area contributed by atoms with Gasteiger partial charge in [0.15, 0.2) is 11.6 Å². The highest BCUT2D eigenvalue weighted by Crippen LogP contribution is 2.29. The van der Waals surface area contributed by atoms with Gasteiger partial charge in [-0.2, -0.15) is 0 Å². The number of benzene rings is 1. The van der Waals surface area contributed by atoms with Crippen molar-refractivity contribution in [3.63, 3.8) is 0 Å². The van der Waals surface area contributed by atoms with Crippen molar-refractivity contribution in [2.75, 3.05) is 0 Å². The van der Waals surface area contributed by atoms with E-state index in [2.05, 4.69) is 12.3 Å². The predicted molar refractivity (Wildman–Crippen MR) is 68.9 cm³/mol. The molecule has 1 atom stereocenters. The number of hydrogen-bond donors (Lipinski definition) is 2. The Morgan fingerprint density at radius 2 is 2.11 bits per heavy atom. The summed E-state index contributed by atoms with van der Waals surface area (Å²) in [6.45, 7) is 4.01. The summed E-state index contributed by atoms with van der Waals surface area (Å²) in [6.07, 6.45) is 2.59. The van der Waals surface area contributed by atoms with Crippen molar-refractivity contribution in [3.8, 4) is 5.75 Å². The Morgan fingerprint density at radius 1 is 1.39 bits per heavy atom. The van der Waals surface area contributed by atoms with Crippen LogP contribution in [0.1, 0.15) is 20.3 Å². The smallest absolute Gasteiger partial charge is 0.165 e. The van der Waals surface area contributed by atoms with E-state index in [9.17, 15) is 4.39 Å². The molecule has 0 saturated heterocycles. The first-order chi connectivity index (χ1) is 8.61. The molecule has 0 fully saturated rings. The topological polar surface area (TPSA) is 47.3 Å². The molecule has 0 radical (unpaired) electrons. The van der Waals surface area contributed by atoms with E-state index in [1.54, 1.807) is 18.2 Å². The molecule has 18 heavy (non-hydrogen) atoms.